The SMILES string of the molecule is CCCCC/C=C\C/C=C\C/C=C\C/C=C\CCCCCC(=O)O[C@H](COC(=O)CCCCCCC/C=C\C/C=C\CCCCC)COC(=O)CCCCCCCCCCCCC/C=C\CCCCCCCC. The van der Waals surface area contributed by atoms with Crippen molar-refractivity contribution < 1.29 is 28.6 Å². The summed E-state index contributed by atoms with van der Waals surface area (Å²) in [5, 5.41) is 0. The summed E-state index contributed by atoms with van der Waals surface area (Å²) in [5.74, 6) is -0.930. The van der Waals surface area contributed by atoms with E-state index in [1.807, 2.05) is 0 Å². The van der Waals surface area contributed by atoms with Gasteiger partial charge in [0.25, 0.3) is 0 Å². The number of esters is 3. The van der Waals surface area contributed by atoms with E-state index in [2.05, 4.69) is 106 Å². The summed E-state index contributed by atoms with van der Waals surface area (Å²) < 4.78 is 16.9. The van der Waals surface area contributed by atoms with Crippen LogP contribution >= 0.6 is 0 Å². The maximum absolute atomic E-state index is 12.9. The van der Waals surface area contributed by atoms with Gasteiger partial charge in [-0.15, -0.1) is 0 Å². The highest BCUT2D eigenvalue weighted by molar-refractivity contribution is 5.71. The minimum absolute atomic E-state index is 0.0937. The first-order valence-corrected chi connectivity index (χ1v) is 31.1. The van der Waals surface area contributed by atoms with Gasteiger partial charge in [-0.25, -0.2) is 0 Å². The van der Waals surface area contributed by atoms with Crippen LogP contribution in [0.1, 0.15) is 303 Å². The second-order valence-electron chi connectivity index (χ2n) is 20.6. The van der Waals surface area contributed by atoms with Crippen molar-refractivity contribution in [1.82, 2.24) is 0 Å². The molecule has 1 atom stereocenters. The average molecular weight is 1020 g/mol. The lowest BCUT2D eigenvalue weighted by Gasteiger charge is -2.18. The van der Waals surface area contributed by atoms with E-state index in [1.54, 1.807) is 0 Å². The predicted molar refractivity (Wildman–Crippen MR) is 316 cm³/mol. The van der Waals surface area contributed by atoms with E-state index >= 15 is 0 Å². The Kier molecular flexibility index (Phi) is 58.3. The number of unbranched alkanes of at least 4 members (excludes halogenated alkanes) is 31. The van der Waals surface area contributed by atoms with Crippen LogP contribution in [0, 0.1) is 0 Å². The van der Waals surface area contributed by atoms with Gasteiger partial charge in [0.2, 0.25) is 0 Å². The average Bonchev–Trinajstić information content (AvgIpc) is 3.39. The van der Waals surface area contributed by atoms with Crippen LogP contribution in [0.4, 0.5) is 0 Å². The van der Waals surface area contributed by atoms with Crippen LogP contribution in [0.15, 0.2) is 85.1 Å². The van der Waals surface area contributed by atoms with E-state index in [9.17, 15) is 14.4 Å². The Morgan fingerprint density at radius 1 is 0.274 bits per heavy atom. The summed E-state index contributed by atoms with van der Waals surface area (Å²) in [6.07, 6.45) is 80.0. The molecule has 0 aliphatic carbocycles. The lowest BCUT2D eigenvalue weighted by atomic mass is 10.0. The van der Waals surface area contributed by atoms with E-state index < -0.39 is 6.10 Å². The van der Waals surface area contributed by atoms with Crippen LogP contribution in [0.5, 0.6) is 0 Å². The van der Waals surface area contributed by atoms with E-state index in [4.69, 9.17) is 14.2 Å². The highest BCUT2D eigenvalue weighted by atomic mass is 16.6. The summed E-state index contributed by atoms with van der Waals surface area (Å²) >= 11 is 0. The molecule has 0 saturated carbocycles. The second-order valence-corrected chi connectivity index (χ2v) is 20.6. The fourth-order valence-corrected chi connectivity index (χ4v) is 8.63. The third-order valence-corrected chi connectivity index (χ3v) is 13.3. The molecule has 73 heavy (non-hydrogen) atoms. The Labute approximate surface area is 452 Å². The van der Waals surface area contributed by atoms with Crippen LogP contribution < -0.4 is 0 Å². The van der Waals surface area contributed by atoms with Crippen LogP contribution in [0.25, 0.3) is 0 Å². The van der Waals surface area contributed by atoms with Crippen molar-refractivity contribution in [3.05, 3.63) is 85.1 Å². The van der Waals surface area contributed by atoms with Gasteiger partial charge in [0, 0.05) is 19.3 Å². The standard InChI is InChI=1S/C67H116O6/c1-4-7-10-13-16-19-22-25-28-30-32-33-35-36-39-42-45-48-51-54-57-60-66(69)72-63-64(62-71-65(68)59-56-53-50-47-44-41-38-27-24-21-18-15-12-9-6-3)73-67(70)61-58-55-52-49-46-43-40-37-34-31-29-26-23-20-17-14-11-8-5-2/h17-18,20-21,25-29,34,37-38,43,46,64H,4-16,19,22-24,30-33,35-36,39-42,44-45,47-63H2,1-3H3/b20-17-,21-18-,28-25-,29-26-,37-34-,38-27-,46-43-/t64-/m1/s1. The Bertz CT molecular complexity index is 1400. The van der Waals surface area contributed by atoms with Gasteiger partial charge in [-0.2, -0.15) is 0 Å². The zero-order chi connectivity index (χ0) is 52.9. The largest absolute Gasteiger partial charge is 0.462 e. The van der Waals surface area contributed by atoms with Gasteiger partial charge in [-0.1, -0.05) is 247 Å². The van der Waals surface area contributed by atoms with Gasteiger partial charge < -0.3 is 14.2 Å². The van der Waals surface area contributed by atoms with Gasteiger partial charge in [-0.3, -0.25) is 14.4 Å². The zero-order valence-corrected chi connectivity index (χ0v) is 48.1. The molecule has 0 N–H and O–H groups in total. The molecule has 0 spiro atoms. The number of rotatable bonds is 56. The van der Waals surface area contributed by atoms with Crippen molar-refractivity contribution in [2.75, 3.05) is 13.2 Å². The molecule has 0 amide bonds. The molecule has 0 aromatic rings. The molecular weight excluding hydrogens is 901 g/mol. The molecule has 0 unspecified atom stereocenters. The number of allylic oxidation sites excluding steroid dienone is 14. The lowest BCUT2D eigenvalue weighted by Crippen LogP contribution is -2.30. The molecule has 0 aliphatic rings. The summed E-state index contributed by atoms with van der Waals surface area (Å²) in [7, 11) is 0. The van der Waals surface area contributed by atoms with E-state index in [0.717, 1.165) is 109 Å². The topological polar surface area (TPSA) is 78.9 Å². The fraction of sp³-hybridized carbons (Fsp3) is 0.746. The van der Waals surface area contributed by atoms with Crippen molar-refractivity contribution in [3.63, 3.8) is 0 Å². The summed E-state index contributed by atoms with van der Waals surface area (Å²) in [6.45, 7) is 6.57. The second kappa shape index (κ2) is 61.1. The molecule has 0 heterocycles. The molecule has 0 saturated heterocycles. The number of ether oxygens (including phenoxy) is 3. The van der Waals surface area contributed by atoms with E-state index in [1.165, 1.54) is 154 Å². The zero-order valence-electron chi connectivity index (χ0n) is 48.1. The number of hydrogen-bond acceptors (Lipinski definition) is 6. The maximum atomic E-state index is 12.9. The van der Waals surface area contributed by atoms with Crippen molar-refractivity contribution in [2.45, 2.75) is 309 Å². The predicted octanol–water partition coefficient (Wildman–Crippen LogP) is 21.1. The van der Waals surface area contributed by atoms with Crippen LogP contribution in [-0.2, 0) is 28.6 Å². The van der Waals surface area contributed by atoms with Crippen molar-refractivity contribution >= 4 is 17.9 Å². The molecule has 6 nitrogen and oxygen atoms in total. The highest BCUT2D eigenvalue weighted by Crippen LogP contribution is 2.15. The number of carbonyl (C=O) groups is 3. The van der Waals surface area contributed by atoms with Crippen molar-refractivity contribution in [2.24, 2.45) is 0 Å². The highest BCUT2D eigenvalue weighted by Gasteiger charge is 2.19. The van der Waals surface area contributed by atoms with E-state index in [0.29, 0.717) is 12.8 Å². The van der Waals surface area contributed by atoms with E-state index in [-0.39, 0.29) is 37.5 Å². The Balaban J connectivity index is 4.43. The third kappa shape index (κ3) is 59.3. The Morgan fingerprint density at radius 2 is 0.493 bits per heavy atom. The van der Waals surface area contributed by atoms with Gasteiger partial charge in [0.05, 0.1) is 0 Å². The maximum Gasteiger partial charge on any atom is 0.306 e. The molecule has 0 fully saturated rings. The van der Waals surface area contributed by atoms with Crippen LogP contribution in [0.3, 0.4) is 0 Å². The molecular formula is C67H116O6. The van der Waals surface area contributed by atoms with Gasteiger partial charge in [-0.05, 0) is 122 Å². The molecule has 0 aromatic heterocycles. The normalized spacial score (nSPS) is 12.6. The number of hydrogen-bond donors (Lipinski definition) is 0. The lowest BCUT2D eigenvalue weighted by molar-refractivity contribution is -0.167. The summed E-state index contributed by atoms with van der Waals surface area (Å²) in [5.41, 5.74) is 0. The molecule has 0 aromatic carbocycles. The quantitative estimate of drug-likeness (QED) is 0.0261. The molecule has 0 rings (SSSR count). The van der Waals surface area contributed by atoms with Crippen LogP contribution in [0.2, 0.25) is 0 Å². The number of carbonyl (C=O) groups excluding carboxylic acids is 3. The minimum atomic E-state index is -0.801. The minimum Gasteiger partial charge on any atom is -0.462 e. The molecule has 0 bridgehead atoms. The third-order valence-electron chi connectivity index (χ3n) is 13.3. The van der Waals surface area contributed by atoms with Gasteiger partial charge >= 0.3 is 17.9 Å². The van der Waals surface area contributed by atoms with Gasteiger partial charge in [0.1, 0.15) is 13.2 Å². The first-order valence-electron chi connectivity index (χ1n) is 31.1. The first-order chi connectivity index (χ1) is 36.0. The molecule has 0 radical (unpaired) electrons. The summed E-state index contributed by atoms with van der Waals surface area (Å²) in [4.78, 5) is 38.3. The Hall–Kier alpha value is -3.41. The van der Waals surface area contributed by atoms with Crippen molar-refractivity contribution in [1.29, 1.82) is 0 Å². The summed E-state index contributed by atoms with van der Waals surface area (Å²) in [6, 6.07) is 0. The molecule has 0 aliphatic heterocycles. The Morgan fingerprint density at radius 3 is 0.822 bits per heavy atom. The fourth-order valence-electron chi connectivity index (χ4n) is 8.63. The van der Waals surface area contributed by atoms with Crippen LogP contribution in [-0.4, -0.2) is 37.2 Å². The first kappa shape index (κ1) is 69.6. The van der Waals surface area contributed by atoms with Gasteiger partial charge in [0.15, 0.2) is 6.10 Å². The monoisotopic (exact) mass is 1020 g/mol. The molecule has 420 valence electrons. The van der Waals surface area contributed by atoms with Crippen molar-refractivity contribution in [3.8, 4) is 0 Å². The molecule has 6 heteroatoms. The smallest absolute Gasteiger partial charge is 0.306 e.